The zero-order valence-electron chi connectivity index (χ0n) is 18.0. The van der Waals surface area contributed by atoms with E-state index in [9.17, 15) is 4.79 Å². The Labute approximate surface area is 166 Å². The fourth-order valence-electron chi connectivity index (χ4n) is 3.22. The van der Waals surface area contributed by atoms with Gasteiger partial charge in [0.25, 0.3) is 0 Å². The summed E-state index contributed by atoms with van der Waals surface area (Å²) in [6.07, 6.45) is 3.53. The average molecular weight is 392 g/mol. The molecule has 27 heavy (non-hydrogen) atoms. The van der Waals surface area contributed by atoms with Crippen LogP contribution in [0.25, 0.3) is 0 Å². The van der Waals surface area contributed by atoms with Crippen LogP contribution in [0.5, 0.6) is 0 Å². The normalized spacial score (nSPS) is 16.4. The van der Waals surface area contributed by atoms with E-state index in [1.165, 1.54) is 12.8 Å². The van der Waals surface area contributed by atoms with Gasteiger partial charge in [0.05, 0.1) is 12.2 Å². The minimum atomic E-state index is -1.63. The molecule has 0 unspecified atom stereocenters. The second-order valence-electron chi connectivity index (χ2n) is 9.10. The standard InChI is InChI=1S/C22H37NO3Si/c1-7-25-21(24)19-9-8-10-20(17-19)23-14-11-18(12-15-23)13-16-26-27(5,6)22(2,3)4/h8-10,17-18H,7,11-16H2,1-6H3. The summed E-state index contributed by atoms with van der Waals surface area (Å²) in [5.41, 5.74) is 1.76. The van der Waals surface area contributed by atoms with Gasteiger partial charge in [-0.25, -0.2) is 4.79 Å². The third-order valence-electron chi connectivity index (χ3n) is 6.13. The van der Waals surface area contributed by atoms with Crippen molar-refractivity contribution in [2.45, 2.75) is 65.1 Å². The summed E-state index contributed by atoms with van der Waals surface area (Å²) in [7, 11) is -1.63. The van der Waals surface area contributed by atoms with Crippen LogP contribution in [0.4, 0.5) is 5.69 Å². The molecule has 152 valence electrons. The van der Waals surface area contributed by atoms with E-state index in [0.29, 0.717) is 12.2 Å². The van der Waals surface area contributed by atoms with E-state index in [0.717, 1.165) is 37.7 Å². The SMILES string of the molecule is CCOC(=O)c1cccc(N2CCC(CCO[Si](C)(C)C(C)(C)C)CC2)c1. The van der Waals surface area contributed by atoms with E-state index < -0.39 is 8.32 Å². The van der Waals surface area contributed by atoms with E-state index in [1.54, 1.807) is 0 Å². The highest BCUT2D eigenvalue weighted by Gasteiger charge is 2.37. The van der Waals surface area contributed by atoms with Crippen molar-refractivity contribution in [2.24, 2.45) is 5.92 Å². The number of benzene rings is 1. The first-order chi connectivity index (χ1) is 12.6. The van der Waals surface area contributed by atoms with Gasteiger partial charge in [-0.3, -0.25) is 0 Å². The third-order valence-corrected chi connectivity index (χ3v) is 10.7. The van der Waals surface area contributed by atoms with Gasteiger partial charge in [0.1, 0.15) is 0 Å². The van der Waals surface area contributed by atoms with Gasteiger partial charge in [-0.15, -0.1) is 0 Å². The van der Waals surface area contributed by atoms with Gasteiger partial charge in [0.2, 0.25) is 0 Å². The molecule has 5 heteroatoms. The molecule has 0 radical (unpaired) electrons. The number of hydrogen-bond donors (Lipinski definition) is 0. The molecule has 0 spiro atoms. The van der Waals surface area contributed by atoms with Gasteiger partial charge in [-0.2, -0.15) is 0 Å². The van der Waals surface area contributed by atoms with Crippen molar-refractivity contribution in [3.05, 3.63) is 29.8 Å². The number of piperidine rings is 1. The van der Waals surface area contributed by atoms with Crippen molar-refractivity contribution in [1.82, 2.24) is 0 Å². The highest BCUT2D eigenvalue weighted by atomic mass is 28.4. The van der Waals surface area contributed by atoms with Gasteiger partial charge in [-0.1, -0.05) is 26.8 Å². The summed E-state index contributed by atoms with van der Waals surface area (Å²) in [6, 6.07) is 7.82. The largest absolute Gasteiger partial charge is 0.462 e. The predicted octanol–water partition coefficient (Wildman–Crippen LogP) is 5.49. The molecule has 0 aromatic heterocycles. The Morgan fingerprint density at radius 1 is 1.22 bits per heavy atom. The second-order valence-corrected chi connectivity index (χ2v) is 13.9. The molecule has 1 saturated heterocycles. The Kier molecular flexibility index (Phi) is 7.52. The maximum Gasteiger partial charge on any atom is 0.338 e. The zero-order valence-corrected chi connectivity index (χ0v) is 19.0. The molecule has 1 aliphatic rings. The number of rotatable bonds is 7. The number of ether oxygens (including phenoxy) is 1. The molecule has 1 aromatic carbocycles. The van der Waals surface area contributed by atoms with E-state index >= 15 is 0 Å². The maximum absolute atomic E-state index is 12.0. The lowest BCUT2D eigenvalue weighted by Gasteiger charge is -2.37. The Bertz CT molecular complexity index is 616. The van der Waals surface area contributed by atoms with Gasteiger partial charge in [0.15, 0.2) is 8.32 Å². The van der Waals surface area contributed by atoms with Gasteiger partial charge in [0, 0.05) is 25.4 Å². The molecule has 0 N–H and O–H groups in total. The molecule has 0 amide bonds. The van der Waals surface area contributed by atoms with Crippen LogP contribution in [-0.4, -0.2) is 40.6 Å². The Balaban J connectivity index is 1.82. The van der Waals surface area contributed by atoms with Gasteiger partial charge < -0.3 is 14.1 Å². The van der Waals surface area contributed by atoms with Crippen LogP contribution in [0.15, 0.2) is 24.3 Å². The second kappa shape index (κ2) is 9.24. The van der Waals surface area contributed by atoms with Crippen molar-refractivity contribution in [3.63, 3.8) is 0 Å². The van der Waals surface area contributed by atoms with Crippen molar-refractivity contribution >= 4 is 20.0 Å². The topological polar surface area (TPSA) is 38.8 Å². The van der Waals surface area contributed by atoms with Crippen LogP contribution in [0.2, 0.25) is 18.1 Å². The van der Waals surface area contributed by atoms with Gasteiger partial charge >= 0.3 is 5.97 Å². The fourth-order valence-corrected chi connectivity index (χ4v) is 4.28. The maximum atomic E-state index is 12.0. The Morgan fingerprint density at radius 3 is 2.48 bits per heavy atom. The Morgan fingerprint density at radius 2 is 1.89 bits per heavy atom. The first-order valence-electron chi connectivity index (χ1n) is 10.3. The average Bonchev–Trinajstić information content (AvgIpc) is 2.61. The zero-order chi connectivity index (χ0) is 20.1. The van der Waals surface area contributed by atoms with Crippen molar-refractivity contribution in [1.29, 1.82) is 0 Å². The molecule has 1 heterocycles. The number of hydrogen-bond acceptors (Lipinski definition) is 4. The molecular weight excluding hydrogens is 354 g/mol. The van der Waals surface area contributed by atoms with E-state index in [-0.39, 0.29) is 11.0 Å². The molecular formula is C22H37NO3Si. The number of carbonyl (C=O) groups excluding carboxylic acids is 1. The number of carbonyl (C=O) groups is 1. The monoisotopic (exact) mass is 391 g/mol. The third kappa shape index (κ3) is 6.08. The lowest BCUT2D eigenvalue weighted by Crippen LogP contribution is -2.41. The number of nitrogens with zero attached hydrogens (tertiary/aromatic N) is 1. The fraction of sp³-hybridized carbons (Fsp3) is 0.682. The lowest BCUT2D eigenvalue weighted by molar-refractivity contribution is 0.0526. The summed E-state index contributed by atoms with van der Waals surface area (Å²) in [6.45, 7) is 16.7. The van der Waals surface area contributed by atoms with Crippen LogP contribution in [0.3, 0.4) is 0 Å². The summed E-state index contributed by atoms with van der Waals surface area (Å²) >= 11 is 0. The summed E-state index contributed by atoms with van der Waals surface area (Å²) < 4.78 is 11.5. The molecule has 4 nitrogen and oxygen atoms in total. The highest BCUT2D eigenvalue weighted by molar-refractivity contribution is 6.74. The minimum absolute atomic E-state index is 0.239. The summed E-state index contributed by atoms with van der Waals surface area (Å²) in [5, 5.41) is 0.278. The molecule has 2 rings (SSSR count). The van der Waals surface area contributed by atoms with E-state index in [1.807, 2.05) is 25.1 Å². The van der Waals surface area contributed by atoms with Crippen molar-refractivity contribution in [2.75, 3.05) is 31.2 Å². The van der Waals surface area contributed by atoms with Gasteiger partial charge in [-0.05, 0) is 68.4 Å². The summed E-state index contributed by atoms with van der Waals surface area (Å²) in [4.78, 5) is 14.3. The van der Waals surface area contributed by atoms with E-state index in [2.05, 4.69) is 44.8 Å². The molecule has 1 aromatic rings. The predicted molar refractivity (Wildman–Crippen MR) is 115 cm³/mol. The first-order valence-corrected chi connectivity index (χ1v) is 13.2. The lowest BCUT2D eigenvalue weighted by atomic mass is 9.93. The number of esters is 1. The number of anilines is 1. The van der Waals surface area contributed by atoms with Crippen LogP contribution in [0.1, 0.15) is 57.3 Å². The van der Waals surface area contributed by atoms with Crippen LogP contribution in [-0.2, 0) is 9.16 Å². The quantitative estimate of drug-likeness (QED) is 0.455. The van der Waals surface area contributed by atoms with Crippen molar-refractivity contribution in [3.8, 4) is 0 Å². The van der Waals surface area contributed by atoms with Crippen molar-refractivity contribution < 1.29 is 14.0 Å². The van der Waals surface area contributed by atoms with Crippen LogP contribution < -0.4 is 4.90 Å². The minimum Gasteiger partial charge on any atom is -0.462 e. The first kappa shape index (κ1) is 22.0. The molecule has 1 aliphatic heterocycles. The smallest absolute Gasteiger partial charge is 0.338 e. The summed E-state index contributed by atoms with van der Waals surface area (Å²) in [5.74, 6) is 0.497. The van der Waals surface area contributed by atoms with E-state index in [4.69, 9.17) is 9.16 Å². The molecule has 1 fully saturated rings. The molecule has 0 aliphatic carbocycles. The molecule has 0 saturated carbocycles. The molecule has 0 bridgehead atoms. The van der Waals surface area contributed by atoms with Crippen LogP contribution >= 0.6 is 0 Å². The van der Waals surface area contributed by atoms with Crippen LogP contribution in [0, 0.1) is 5.92 Å². The highest BCUT2D eigenvalue weighted by Crippen LogP contribution is 2.37. The Hall–Kier alpha value is -1.33. The molecule has 0 atom stereocenters.